The van der Waals surface area contributed by atoms with Crippen molar-refractivity contribution in [1.82, 2.24) is 20.3 Å². The molecule has 2 aromatic heterocycles. The SMILES string of the molecule is CC(C)(C)NCc1cnc(-c2ncc(Br)cc2Br)[nH]1. The van der Waals surface area contributed by atoms with Crippen molar-refractivity contribution in [2.45, 2.75) is 32.9 Å². The summed E-state index contributed by atoms with van der Waals surface area (Å²) in [5.41, 5.74) is 1.94. The summed E-state index contributed by atoms with van der Waals surface area (Å²) in [6.07, 6.45) is 3.60. The maximum atomic E-state index is 4.37. The largest absolute Gasteiger partial charge is 0.339 e. The first kappa shape index (κ1) is 14.7. The molecule has 0 atom stereocenters. The summed E-state index contributed by atoms with van der Waals surface area (Å²) in [5, 5.41) is 3.42. The van der Waals surface area contributed by atoms with Crippen molar-refractivity contribution >= 4 is 31.9 Å². The fourth-order valence-corrected chi connectivity index (χ4v) is 2.69. The van der Waals surface area contributed by atoms with E-state index in [2.05, 4.69) is 72.9 Å². The number of imidazole rings is 1. The Kier molecular flexibility index (Phi) is 4.43. The lowest BCUT2D eigenvalue weighted by Crippen LogP contribution is -2.35. The van der Waals surface area contributed by atoms with Crippen LogP contribution in [0.4, 0.5) is 0 Å². The van der Waals surface area contributed by atoms with Gasteiger partial charge >= 0.3 is 0 Å². The number of aromatic nitrogens is 3. The van der Waals surface area contributed by atoms with Crippen LogP contribution < -0.4 is 5.32 Å². The van der Waals surface area contributed by atoms with Crippen molar-refractivity contribution in [2.24, 2.45) is 0 Å². The van der Waals surface area contributed by atoms with Gasteiger partial charge in [-0.2, -0.15) is 0 Å². The Balaban J connectivity index is 2.16. The lowest BCUT2D eigenvalue weighted by atomic mass is 10.1. The van der Waals surface area contributed by atoms with E-state index in [4.69, 9.17) is 0 Å². The van der Waals surface area contributed by atoms with Crippen LogP contribution in [0.2, 0.25) is 0 Å². The Bertz CT molecular complexity index is 572. The van der Waals surface area contributed by atoms with Crippen LogP contribution in [0, 0.1) is 0 Å². The molecule has 19 heavy (non-hydrogen) atoms. The standard InChI is InChI=1S/C13H16Br2N4/c1-13(2,3)18-7-9-6-17-12(19-9)11-10(15)4-8(14)5-16-11/h4-6,18H,7H2,1-3H3,(H,17,19). The van der Waals surface area contributed by atoms with Gasteiger partial charge in [0.15, 0.2) is 5.82 Å². The summed E-state index contributed by atoms with van der Waals surface area (Å²) in [5.74, 6) is 0.769. The van der Waals surface area contributed by atoms with E-state index in [-0.39, 0.29) is 5.54 Å². The van der Waals surface area contributed by atoms with Gasteiger partial charge in [-0.25, -0.2) is 4.98 Å². The maximum absolute atomic E-state index is 4.37. The third kappa shape index (κ3) is 4.12. The number of pyridine rings is 1. The molecular formula is C13H16Br2N4. The minimum Gasteiger partial charge on any atom is -0.339 e. The smallest absolute Gasteiger partial charge is 0.157 e. The fourth-order valence-electron chi connectivity index (χ4n) is 1.52. The molecular weight excluding hydrogens is 372 g/mol. The third-order valence-electron chi connectivity index (χ3n) is 2.47. The summed E-state index contributed by atoms with van der Waals surface area (Å²) >= 11 is 6.88. The Morgan fingerprint density at radius 2 is 1.95 bits per heavy atom. The average Bonchev–Trinajstić information content (AvgIpc) is 2.74. The van der Waals surface area contributed by atoms with Gasteiger partial charge in [0.05, 0.1) is 6.20 Å². The summed E-state index contributed by atoms with van der Waals surface area (Å²) in [4.78, 5) is 12.0. The molecule has 0 aromatic carbocycles. The molecule has 2 aromatic rings. The normalized spacial score (nSPS) is 11.8. The molecule has 0 radical (unpaired) electrons. The van der Waals surface area contributed by atoms with E-state index in [0.717, 1.165) is 32.7 Å². The number of halogens is 2. The Morgan fingerprint density at radius 1 is 1.21 bits per heavy atom. The number of hydrogen-bond donors (Lipinski definition) is 2. The van der Waals surface area contributed by atoms with Gasteiger partial charge in [-0.05, 0) is 58.7 Å². The van der Waals surface area contributed by atoms with Gasteiger partial charge in [0.25, 0.3) is 0 Å². The van der Waals surface area contributed by atoms with Gasteiger partial charge in [-0.3, -0.25) is 4.98 Å². The number of hydrogen-bond acceptors (Lipinski definition) is 3. The molecule has 0 saturated heterocycles. The van der Waals surface area contributed by atoms with E-state index < -0.39 is 0 Å². The predicted molar refractivity (Wildman–Crippen MR) is 83.8 cm³/mol. The highest BCUT2D eigenvalue weighted by molar-refractivity contribution is 9.11. The highest BCUT2D eigenvalue weighted by Crippen LogP contribution is 2.26. The van der Waals surface area contributed by atoms with Gasteiger partial charge in [0.2, 0.25) is 0 Å². The molecule has 102 valence electrons. The molecule has 2 N–H and O–H groups in total. The molecule has 4 nitrogen and oxygen atoms in total. The Labute approximate surface area is 129 Å². The molecule has 0 aliphatic heterocycles. The highest BCUT2D eigenvalue weighted by Gasteiger charge is 2.12. The lowest BCUT2D eigenvalue weighted by Gasteiger charge is -2.19. The zero-order valence-electron chi connectivity index (χ0n) is 11.1. The molecule has 0 amide bonds. The molecule has 0 saturated carbocycles. The van der Waals surface area contributed by atoms with Crippen LogP contribution in [-0.4, -0.2) is 20.5 Å². The molecule has 0 fully saturated rings. The Morgan fingerprint density at radius 3 is 2.58 bits per heavy atom. The van der Waals surface area contributed by atoms with Crippen LogP contribution >= 0.6 is 31.9 Å². The second kappa shape index (κ2) is 5.73. The van der Waals surface area contributed by atoms with Crippen molar-refractivity contribution in [2.75, 3.05) is 0 Å². The second-order valence-corrected chi connectivity index (χ2v) is 7.11. The van der Waals surface area contributed by atoms with Crippen LogP contribution in [0.1, 0.15) is 26.5 Å². The van der Waals surface area contributed by atoms with Gasteiger partial charge in [-0.15, -0.1) is 0 Å². The van der Waals surface area contributed by atoms with E-state index in [1.54, 1.807) is 6.20 Å². The zero-order chi connectivity index (χ0) is 14.0. The molecule has 0 spiro atoms. The van der Waals surface area contributed by atoms with E-state index >= 15 is 0 Å². The number of nitrogens with one attached hydrogen (secondary N) is 2. The topological polar surface area (TPSA) is 53.6 Å². The van der Waals surface area contributed by atoms with Gasteiger partial charge in [0.1, 0.15) is 5.69 Å². The molecule has 0 bridgehead atoms. The minimum atomic E-state index is 0.0850. The molecule has 2 heterocycles. The van der Waals surface area contributed by atoms with Crippen LogP contribution in [0.25, 0.3) is 11.5 Å². The summed E-state index contributed by atoms with van der Waals surface area (Å²) in [7, 11) is 0. The average molecular weight is 388 g/mol. The monoisotopic (exact) mass is 386 g/mol. The first-order valence-corrected chi connectivity index (χ1v) is 7.54. The number of nitrogens with zero attached hydrogens (tertiary/aromatic N) is 2. The molecule has 6 heteroatoms. The summed E-state index contributed by atoms with van der Waals surface area (Å²) in [6.45, 7) is 7.16. The van der Waals surface area contributed by atoms with Crippen molar-refractivity contribution in [1.29, 1.82) is 0 Å². The predicted octanol–water partition coefficient (Wildman–Crippen LogP) is 3.88. The van der Waals surface area contributed by atoms with E-state index in [1.165, 1.54) is 0 Å². The van der Waals surface area contributed by atoms with Crippen LogP contribution in [0.5, 0.6) is 0 Å². The van der Waals surface area contributed by atoms with Crippen LogP contribution in [0.15, 0.2) is 27.4 Å². The third-order valence-corrected chi connectivity index (χ3v) is 3.51. The van der Waals surface area contributed by atoms with Crippen molar-refractivity contribution in [3.05, 3.63) is 33.1 Å². The van der Waals surface area contributed by atoms with Crippen LogP contribution in [0.3, 0.4) is 0 Å². The minimum absolute atomic E-state index is 0.0850. The molecule has 0 aliphatic carbocycles. The van der Waals surface area contributed by atoms with E-state index in [0.29, 0.717) is 0 Å². The Hall–Kier alpha value is -0.720. The van der Waals surface area contributed by atoms with Crippen molar-refractivity contribution in [3.8, 4) is 11.5 Å². The van der Waals surface area contributed by atoms with E-state index in [1.807, 2.05) is 12.3 Å². The molecule has 0 aliphatic rings. The zero-order valence-corrected chi connectivity index (χ0v) is 14.3. The highest BCUT2D eigenvalue weighted by atomic mass is 79.9. The maximum Gasteiger partial charge on any atom is 0.157 e. The molecule has 0 unspecified atom stereocenters. The summed E-state index contributed by atoms with van der Waals surface area (Å²) < 4.78 is 1.84. The molecule has 2 rings (SSSR count). The van der Waals surface area contributed by atoms with Crippen molar-refractivity contribution < 1.29 is 0 Å². The van der Waals surface area contributed by atoms with Gasteiger partial charge < -0.3 is 10.3 Å². The first-order valence-electron chi connectivity index (χ1n) is 5.95. The fraction of sp³-hybridized carbons (Fsp3) is 0.385. The number of H-pyrrole nitrogens is 1. The van der Waals surface area contributed by atoms with Crippen molar-refractivity contribution in [3.63, 3.8) is 0 Å². The van der Waals surface area contributed by atoms with Gasteiger partial charge in [0, 0.05) is 32.9 Å². The number of aromatic amines is 1. The number of rotatable bonds is 3. The lowest BCUT2D eigenvalue weighted by molar-refractivity contribution is 0.422. The quantitative estimate of drug-likeness (QED) is 0.839. The first-order chi connectivity index (χ1) is 8.85. The summed E-state index contributed by atoms with van der Waals surface area (Å²) in [6, 6.07) is 1.96. The van der Waals surface area contributed by atoms with Crippen LogP contribution in [-0.2, 0) is 6.54 Å². The van der Waals surface area contributed by atoms with E-state index in [9.17, 15) is 0 Å². The second-order valence-electron chi connectivity index (χ2n) is 5.34. The van der Waals surface area contributed by atoms with Gasteiger partial charge in [-0.1, -0.05) is 0 Å².